The average molecular weight is 261 g/mol. The maximum absolute atomic E-state index is 7.34. The summed E-state index contributed by atoms with van der Waals surface area (Å²) in [7, 11) is 0. The van der Waals surface area contributed by atoms with Crippen LogP contribution in [0.3, 0.4) is 0 Å². The molecule has 1 heterocycles. The van der Waals surface area contributed by atoms with E-state index in [2.05, 4.69) is 4.98 Å². The SMILES string of the molecule is Cc1cccc2nc([NH-])ccc12.[CH3-].[Y]. The van der Waals surface area contributed by atoms with Crippen molar-refractivity contribution in [3.63, 3.8) is 0 Å². The van der Waals surface area contributed by atoms with Crippen LogP contribution in [0.5, 0.6) is 0 Å². The third-order valence-corrected chi connectivity index (χ3v) is 1.95. The zero-order valence-electron chi connectivity index (χ0n) is 8.41. The first-order chi connectivity index (χ1) is 5.77. The Balaban J connectivity index is 0.000000845. The van der Waals surface area contributed by atoms with Crippen LogP contribution in [-0.2, 0) is 32.7 Å². The zero-order chi connectivity index (χ0) is 8.55. The Labute approximate surface area is 110 Å². The average Bonchev–Trinajstić information content (AvgIpc) is 2.04. The molecule has 1 radical (unpaired) electrons. The van der Waals surface area contributed by atoms with Gasteiger partial charge in [0.2, 0.25) is 0 Å². The number of aromatic nitrogens is 1. The van der Waals surface area contributed by atoms with Crippen molar-refractivity contribution in [3.8, 4) is 0 Å². The Hall–Kier alpha value is -0.466. The van der Waals surface area contributed by atoms with Gasteiger partial charge in [-0.05, 0) is 23.4 Å². The number of nitrogens with zero attached hydrogens (tertiary/aromatic N) is 1. The van der Waals surface area contributed by atoms with E-state index < -0.39 is 0 Å². The molecular formula is C11H12N2Y-2. The van der Waals surface area contributed by atoms with Crippen LogP contribution < -0.4 is 0 Å². The van der Waals surface area contributed by atoms with Crippen molar-refractivity contribution in [1.82, 2.24) is 4.98 Å². The number of nitrogens with one attached hydrogen (secondary N) is 1. The van der Waals surface area contributed by atoms with Crippen LogP contribution in [0.15, 0.2) is 30.3 Å². The molecule has 1 aromatic carbocycles. The van der Waals surface area contributed by atoms with Crippen molar-refractivity contribution < 1.29 is 32.7 Å². The van der Waals surface area contributed by atoms with E-state index in [1.807, 2.05) is 31.2 Å². The molecule has 0 unspecified atom stereocenters. The fourth-order valence-corrected chi connectivity index (χ4v) is 1.31. The molecule has 0 aliphatic heterocycles. The second-order valence-electron chi connectivity index (χ2n) is 2.84. The van der Waals surface area contributed by atoms with Crippen molar-refractivity contribution in [2.24, 2.45) is 0 Å². The summed E-state index contributed by atoms with van der Waals surface area (Å²) in [5, 5.41) is 1.13. The van der Waals surface area contributed by atoms with E-state index in [1.165, 1.54) is 5.56 Å². The number of hydrogen-bond donors (Lipinski definition) is 0. The number of fused-ring (bicyclic) bond motifs is 1. The first-order valence-electron chi connectivity index (χ1n) is 3.85. The number of benzene rings is 1. The molecule has 14 heavy (non-hydrogen) atoms. The molecule has 0 amide bonds. The Bertz CT molecular complexity index is 427. The molecule has 0 aliphatic rings. The molecule has 1 N–H and O–H groups in total. The number of hydrogen-bond acceptors (Lipinski definition) is 1. The summed E-state index contributed by atoms with van der Waals surface area (Å²) < 4.78 is 0. The van der Waals surface area contributed by atoms with Crippen LogP contribution in [0.1, 0.15) is 5.56 Å². The molecule has 0 atom stereocenters. The summed E-state index contributed by atoms with van der Waals surface area (Å²) in [5.74, 6) is 0.327. The van der Waals surface area contributed by atoms with E-state index >= 15 is 0 Å². The molecule has 2 nitrogen and oxygen atoms in total. The smallest absolute Gasteiger partial charge is 0 e. The number of rotatable bonds is 0. The van der Waals surface area contributed by atoms with Crippen LogP contribution in [0.2, 0.25) is 0 Å². The summed E-state index contributed by atoms with van der Waals surface area (Å²) >= 11 is 0. The molecule has 0 spiro atoms. The Morgan fingerprint density at radius 3 is 2.57 bits per heavy atom. The molecule has 0 aliphatic carbocycles. The fourth-order valence-electron chi connectivity index (χ4n) is 1.31. The van der Waals surface area contributed by atoms with E-state index in [-0.39, 0.29) is 40.1 Å². The second-order valence-corrected chi connectivity index (χ2v) is 2.84. The van der Waals surface area contributed by atoms with Gasteiger partial charge in [-0.25, -0.2) is 0 Å². The van der Waals surface area contributed by atoms with Crippen LogP contribution in [0, 0.1) is 14.4 Å². The van der Waals surface area contributed by atoms with Gasteiger partial charge in [-0.1, -0.05) is 36.1 Å². The Kier molecular flexibility index (Phi) is 5.24. The van der Waals surface area contributed by atoms with Gasteiger partial charge in [0.15, 0.2) is 0 Å². The third-order valence-electron chi connectivity index (χ3n) is 1.95. The zero-order valence-corrected chi connectivity index (χ0v) is 11.2. The topological polar surface area (TPSA) is 36.7 Å². The van der Waals surface area contributed by atoms with Gasteiger partial charge in [0.25, 0.3) is 0 Å². The minimum absolute atomic E-state index is 0. The molecule has 2 aromatic rings. The first kappa shape index (κ1) is 13.5. The summed E-state index contributed by atoms with van der Waals surface area (Å²) in [6, 6.07) is 9.60. The molecule has 2 rings (SSSR count). The van der Waals surface area contributed by atoms with Crippen LogP contribution in [0.4, 0.5) is 5.82 Å². The predicted molar refractivity (Wildman–Crippen MR) is 56.9 cm³/mol. The van der Waals surface area contributed by atoms with Gasteiger partial charge in [0.05, 0.1) is 0 Å². The van der Waals surface area contributed by atoms with Gasteiger partial charge < -0.3 is 18.1 Å². The van der Waals surface area contributed by atoms with Crippen molar-refractivity contribution in [2.75, 3.05) is 0 Å². The summed E-state index contributed by atoms with van der Waals surface area (Å²) in [5.41, 5.74) is 9.45. The quantitative estimate of drug-likeness (QED) is 0.666. The largest absolute Gasteiger partial charge is 0.482 e. The van der Waals surface area contributed by atoms with E-state index in [0.717, 1.165) is 10.9 Å². The minimum atomic E-state index is 0. The number of pyridine rings is 1. The maximum Gasteiger partial charge on any atom is 0 e. The predicted octanol–water partition coefficient (Wildman–Crippen LogP) is 3.67. The normalized spacial score (nSPS) is 8.93. The van der Waals surface area contributed by atoms with Crippen LogP contribution >= 0.6 is 0 Å². The van der Waals surface area contributed by atoms with Crippen LogP contribution in [-0.4, -0.2) is 4.98 Å². The molecule has 0 saturated heterocycles. The van der Waals surface area contributed by atoms with Gasteiger partial charge >= 0.3 is 0 Å². The first-order valence-corrected chi connectivity index (χ1v) is 3.85. The Morgan fingerprint density at radius 2 is 1.86 bits per heavy atom. The molecule has 0 saturated carbocycles. The third kappa shape index (κ3) is 2.52. The standard InChI is InChI=1S/C10H9N2.CH3.Y/c1-7-3-2-4-9-8(7)5-6-10(11)12-9;;/h2-6H,1H3,(H-,11,12);1H3;/q2*-1;. The van der Waals surface area contributed by atoms with Crippen molar-refractivity contribution in [3.05, 3.63) is 49.1 Å². The van der Waals surface area contributed by atoms with Crippen LogP contribution in [0.25, 0.3) is 16.6 Å². The fraction of sp³-hybridized carbons (Fsp3) is 0.0909. The van der Waals surface area contributed by atoms with Gasteiger partial charge in [-0.3, -0.25) is 0 Å². The second kappa shape index (κ2) is 5.42. The van der Waals surface area contributed by atoms with Crippen molar-refractivity contribution in [1.29, 1.82) is 0 Å². The summed E-state index contributed by atoms with van der Waals surface area (Å²) in [6.07, 6.45) is 0. The van der Waals surface area contributed by atoms with Gasteiger partial charge in [-0.15, -0.1) is 0 Å². The van der Waals surface area contributed by atoms with E-state index in [9.17, 15) is 0 Å². The molecule has 3 heteroatoms. The summed E-state index contributed by atoms with van der Waals surface area (Å²) in [6.45, 7) is 2.05. The Morgan fingerprint density at radius 1 is 1.14 bits per heavy atom. The summed E-state index contributed by atoms with van der Waals surface area (Å²) in [4.78, 5) is 4.10. The van der Waals surface area contributed by atoms with E-state index in [0.29, 0.717) is 5.82 Å². The van der Waals surface area contributed by atoms with Gasteiger partial charge in [-0.2, -0.15) is 0 Å². The van der Waals surface area contributed by atoms with Crippen molar-refractivity contribution >= 4 is 16.7 Å². The van der Waals surface area contributed by atoms with Gasteiger partial charge in [0, 0.05) is 32.7 Å². The molecular weight excluding hydrogens is 249 g/mol. The monoisotopic (exact) mass is 261 g/mol. The van der Waals surface area contributed by atoms with E-state index in [4.69, 9.17) is 5.73 Å². The molecule has 0 bridgehead atoms. The number of aryl methyl sites for hydroxylation is 1. The van der Waals surface area contributed by atoms with E-state index in [1.54, 1.807) is 6.07 Å². The molecule has 0 fully saturated rings. The molecule has 1 aromatic heterocycles. The van der Waals surface area contributed by atoms with Crippen molar-refractivity contribution in [2.45, 2.75) is 6.92 Å². The maximum atomic E-state index is 7.34. The minimum Gasteiger partial charge on any atom is -0.482 e. The molecule has 71 valence electrons. The van der Waals surface area contributed by atoms with Gasteiger partial charge in [0.1, 0.15) is 0 Å².